The molecule has 1 aromatic carbocycles. The van der Waals surface area contributed by atoms with Crippen molar-refractivity contribution in [3.8, 4) is 11.3 Å². The molecule has 164 valence electrons. The number of carbonyl (C=O) groups is 1. The number of aromatic nitrogens is 4. The summed E-state index contributed by atoms with van der Waals surface area (Å²) in [5, 5.41) is 9.15. The van der Waals surface area contributed by atoms with E-state index in [1.54, 1.807) is 4.68 Å². The highest BCUT2D eigenvalue weighted by molar-refractivity contribution is 6.33. The predicted molar refractivity (Wildman–Crippen MR) is 126 cm³/mol. The Hall–Kier alpha value is -3.36. The minimum atomic E-state index is -0.00269. The van der Waals surface area contributed by atoms with Gasteiger partial charge >= 0.3 is 0 Å². The Kier molecular flexibility index (Phi) is 5.32. The fourth-order valence-corrected chi connectivity index (χ4v) is 4.38. The molecule has 1 saturated heterocycles. The number of piperazine rings is 1. The molecule has 32 heavy (non-hydrogen) atoms. The monoisotopic (exact) mass is 449 g/mol. The fraction of sp³-hybridized carbons (Fsp3) is 0.261. The van der Waals surface area contributed by atoms with Crippen molar-refractivity contribution in [1.82, 2.24) is 29.5 Å². The number of amides is 1. The second kappa shape index (κ2) is 8.29. The number of halogens is 1. The van der Waals surface area contributed by atoms with Crippen LogP contribution in [0, 0.1) is 0 Å². The molecule has 1 atom stereocenters. The van der Waals surface area contributed by atoms with Gasteiger partial charge in [-0.2, -0.15) is 5.10 Å². The molecule has 0 bridgehead atoms. The number of benzene rings is 1. The number of nitrogens with one attached hydrogen (secondary N) is 2. The summed E-state index contributed by atoms with van der Waals surface area (Å²) in [5.41, 5.74) is 4.78. The van der Waals surface area contributed by atoms with Crippen molar-refractivity contribution in [3.63, 3.8) is 0 Å². The van der Waals surface area contributed by atoms with Crippen molar-refractivity contribution in [1.29, 1.82) is 0 Å². The summed E-state index contributed by atoms with van der Waals surface area (Å²) in [4.78, 5) is 23.5. The number of pyridine rings is 1. The number of aryl methyl sites for hydroxylation is 1. The van der Waals surface area contributed by atoms with Gasteiger partial charge in [0.05, 0.1) is 28.5 Å². The van der Waals surface area contributed by atoms with Crippen molar-refractivity contribution in [2.24, 2.45) is 7.05 Å². The summed E-state index contributed by atoms with van der Waals surface area (Å²) in [5.74, 6) is 0.693. The van der Waals surface area contributed by atoms with Crippen LogP contribution in [0.4, 0.5) is 11.5 Å². The van der Waals surface area contributed by atoms with Gasteiger partial charge in [0.2, 0.25) is 6.41 Å². The van der Waals surface area contributed by atoms with E-state index in [-0.39, 0.29) is 6.04 Å². The summed E-state index contributed by atoms with van der Waals surface area (Å²) in [7, 11) is 3.96. The number of hydrogen-bond acceptors (Lipinski definition) is 5. The third kappa shape index (κ3) is 3.94. The van der Waals surface area contributed by atoms with E-state index in [9.17, 15) is 4.79 Å². The van der Waals surface area contributed by atoms with Crippen LogP contribution >= 0.6 is 11.6 Å². The van der Waals surface area contributed by atoms with Gasteiger partial charge < -0.3 is 20.1 Å². The van der Waals surface area contributed by atoms with Crippen LogP contribution in [0.5, 0.6) is 0 Å². The number of hydrogen-bond donors (Lipinski definition) is 2. The number of anilines is 2. The summed E-state index contributed by atoms with van der Waals surface area (Å²) < 4.78 is 1.78. The minimum absolute atomic E-state index is 0.00269. The molecule has 0 saturated carbocycles. The molecule has 1 aliphatic rings. The van der Waals surface area contributed by atoms with Crippen LogP contribution in [0.2, 0.25) is 5.02 Å². The van der Waals surface area contributed by atoms with Gasteiger partial charge in [0, 0.05) is 61.8 Å². The Balaban J connectivity index is 1.38. The molecule has 5 rings (SSSR count). The molecule has 1 aliphatic heterocycles. The molecular weight excluding hydrogens is 426 g/mol. The largest absolute Gasteiger partial charge is 0.354 e. The summed E-state index contributed by atoms with van der Waals surface area (Å²) >= 11 is 6.60. The number of likely N-dealkylation sites (N-methyl/N-ethyl adjacent to an activating group) is 1. The number of carbonyl (C=O) groups excluding carboxylic acids is 1. The van der Waals surface area contributed by atoms with E-state index >= 15 is 0 Å². The van der Waals surface area contributed by atoms with Gasteiger partial charge in [-0.25, -0.2) is 4.98 Å². The molecule has 0 spiro atoms. The third-order valence-corrected chi connectivity index (χ3v) is 6.23. The first-order valence-corrected chi connectivity index (χ1v) is 10.8. The maximum Gasteiger partial charge on any atom is 0.210 e. The van der Waals surface area contributed by atoms with Crippen LogP contribution in [-0.2, 0) is 11.8 Å². The highest BCUT2D eigenvalue weighted by Gasteiger charge is 2.26. The van der Waals surface area contributed by atoms with E-state index in [4.69, 9.17) is 11.6 Å². The van der Waals surface area contributed by atoms with E-state index in [0.29, 0.717) is 17.4 Å². The average Bonchev–Trinajstić information content (AvgIpc) is 3.41. The zero-order valence-corrected chi connectivity index (χ0v) is 18.7. The molecule has 1 unspecified atom stereocenters. The standard InChI is InChI=1S/C23H24ClN7O/c1-29-5-6-31(14-32)22(13-29)15-3-4-19(18(24)7-15)28-23-9-21-16(10-25-23)8-20(27-21)17-11-26-30(2)12-17/h3-4,7-12,14,22,27H,5-6,13H2,1-2H3,(H,25,28). The molecule has 0 radical (unpaired) electrons. The number of rotatable bonds is 5. The maximum absolute atomic E-state index is 11.5. The normalized spacial score (nSPS) is 17.1. The van der Waals surface area contributed by atoms with E-state index in [1.165, 1.54) is 0 Å². The molecular formula is C23H24ClN7O. The first-order chi connectivity index (χ1) is 15.5. The van der Waals surface area contributed by atoms with E-state index in [1.807, 2.05) is 54.8 Å². The number of aromatic amines is 1. The fourth-order valence-electron chi connectivity index (χ4n) is 4.14. The zero-order chi connectivity index (χ0) is 22.2. The van der Waals surface area contributed by atoms with Gasteiger partial charge in [-0.1, -0.05) is 17.7 Å². The molecule has 4 aromatic rings. The molecule has 9 heteroatoms. The van der Waals surface area contributed by atoms with Crippen LogP contribution in [-0.4, -0.2) is 62.6 Å². The molecule has 3 aromatic heterocycles. The Morgan fingerprint density at radius 1 is 1.19 bits per heavy atom. The van der Waals surface area contributed by atoms with Gasteiger partial charge in [-0.05, 0) is 30.8 Å². The second-order valence-corrected chi connectivity index (χ2v) is 8.64. The highest BCUT2D eigenvalue weighted by Crippen LogP contribution is 2.32. The SMILES string of the molecule is CN1CCN(C=O)C(c2ccc(Nc3cc4[nH]c(-c5cnn(C)c5)cc4cn3)c(Cl)c2)C1. The van der Waals surface area contributed by atoms with Crippen molar-refractivity contribution in [2.75, 3.05) is 32.0 Å². The summed E-state index contributed by atoms with van der Waals surface area (Å²) in [6, 6.07) is 9.91. The van der Waals surface area contributed by atoms with Crippen molar-refractivity contribution in [2.45, 2.75) is 6.04 Å². The van der Waals surface area contributed by atoms with Crippen LogP contribution in [0.3, 0.4) is 0 Å². The van der Waals surface area contributed by atoms with E-state index in [0.717, 1.165) is 52.9 Å². The van der Waals surface area contributed by atoms with Crippen LogP contribution in [0.25, 0.3) is 22.2 Å². The predicted octanol–water partition coefficient (Wildman–Crippen LogP) is 3.81. The summed E-state index contributed by atoms with van der Waals surface area (Å²) in [6.07, 6.45) is 6.55. The van der Waals surface area contributed by atoms with Crippen molar-refractivity contribution < 1.29 is 4.79 Å². The van der Waals surface area contributed by atoms with Crippen molar-refractivity contribution in [3.05, 3.63) is 59.5 Å². The van der Waals surface area contributed by atoms with E-state index < -0.39 is 0 Å². The van der Waals surface area contributed by atoms with Crippen LogP contribution < -0.4 is 5.32 Å². The van der Waals surface area contributed by atoms with E-state index in [2.05, 4.69) is 38.4 Å². The molecule has 8 nitrogen and oxygen atoms in total. The zero-order valence-electron chi connectivity index (χ0n) is 17.9. The smallest absolute Gasteiger partial charge is 0.210 e. The van der Waals surface area contributed by atoms with Gasteiger partial charge in [0.25, 0.3) is 0 Å². The first-order valence-electron chi connectivity index (χ1n) is 10.4. The average molecular weight is 450 g/mol. The number of nitrogens with zero attached hydrogens (tertiary/aromatic N) is 5. The van der Waals surface area contributed by atoms with Crippen LogP contribution in [0.15, 0.2) is 48.9 Å². The van der Waals surface area contributed by atoms with Crippen molar-refractivity contribution >= 4 is 40.4 Å². The molecule has 4 heterocycles. The van der Waals surface area contributed by atoms with Gasteiger partial charge in [-0.3, -0.25) is 9.48 Å². The lowest BCUT2D eigenvalue weighted by molar-refractivity contribution is -0.122. The van der Waals surface area contributed by atoms with Crippen LogP contribution in [0.1, 0.15) is 11.6 Å². The highest BCUT2D eigenvalue weighted by atomic mass is 35.5. The lowest BCUT2D eigenvalue weighted by Crippen LogP contribution is -2.46. The Labute approximate surface area is 190 Å². The minimum Gasteiger partial charge on any atom is -0.354 e. The Morgan fingerprint density at radius 2 is 2.06 bits per heavy atom. The summed E-state index contributed by atoms with van der Waals surface area (Å²) in [6.45, 7) is 2.37. The lowest BCUT2D eigenvalue weighted by atomic mass is 10.0. The van der Waals surface area contributed by atoms with Gasteiger partial charge in [-0.15, -0.1) is 0 Å². The second-order valence-electron chi connectivity index (χ2n) is 8.23. The first kappa shape index (κ1) is 20.5. The maximum atomic E-state index is 11.5. The topological polar surface area (TPSA) is 82.1 Å². The Morgan fingerprint density at radius 3 is 2.81 bits per heavy atom. The Bertz CT molecular complexity index is 1280. The van der Waals surface area contributed by atoms with Gasteiger partial charge in [0.1, 0.15) is 5.82 Å². The number of fused-ring (bicyclic) bond motifs is 1. The third-order valence-electron chi connectivity index (χ3n) is 5.92. The number of H-pyrrole nitrogens is 1. The molecule has 1 fully saturated rings. The molecule has 1 amide bonds. The quantitative estimate of drug-likeness (QED) is 0.453. The molecule has 0 aliphatic carbocycles. The molecule has 2 N–H and O–H groups in total. The van der Waals surface area contributed by atoms with Gasteiger partial charge in [0.15, 0.2) is 0 Å². The lowest BCUT2D eigenvalue weighted by Gasteiger charge is -2.38.